The molecule has 5 nitrogen and oxygen atoms in total. The molecule has 2 rings (SSSR count). The molecule has 0 radical (unpaired) electrons. The van der Waals surface area contributed by atoms with Crippen LogP contribution >= 0.6 is 0 Å². The Labute approximate surface area is 111 Å². The molecule has 1 aromatic carbocycles. The van der Waals surface area contributed by atoms with Gasteiger partial charge in [-0.05, 0) is 24.1 Å². The number of carbonyl (C=O) groups is 1. The van der Waals surface area contributed by atoms with Gasteiger partial charge in [-0.1, -0.05) is 0 Å². The summed E-state index contributed by atoms with van der Waals surface area (Å²) in [4.78, 5) is 11.2. The van der Waals surface area contributed by atoms with Crippen molar-refractivity contribution in [3.63, 3.8) is 0 Å². The number of methoxy groups -OCH3 is 3. The minimum Gasteiger partial charge on any atom is -0.492 e. The van der Waals surface area contributed by atoms with Crippen molar-refractivity contribution in [3.8, 4) is 11.5 Å². The molecule has 0 saturated heterocycles. The molecule has 0 unspecified atom stereocenters. The van der Waals surface area contributed by atoms with Crippen LogP contribution in [0.3, 0.4) is 0 Å². The fourth-order valence-electron chi connectivity index (χ4n) is 2.05. The van der Waals surface area contributed by atoms with Gasteiger partial charge in [-0.3, -0.25) is 4.79 Å². The second kappa shape index (κ2) is 5.65. The Bertz CT molecular complexity index is 585. The van der Waals surface area contributed by atoms with Crippen molar-refractivity contribution in [2.24, 2.45) is 0 Å². The number of benzene rings is 1. The third-order valence-corrected chi connectivity index (χ3v) is 2.96. The molecular formula is C14H16O5. The summed E-state index contributed by atoms with van der Waals surface area (Å²) in [6.07, 6.45) is 2.41. The molecular weight excluding hydrogens is 248 g/mol. The number of ether oxygens (including phenoxy) is 3. The summed E-state index contributed by atoms with van der Waals surface area (Å²) < 4.78 is 20.8. The van der Waals surface area contributed by atoms with Crippen molar-refractivity contribution in [2.45, 2.75) is 12.8 Å². The SMILES string of the molecule is COC(=O)CCc1cc2ccoc2c(OC)c1OC. The zero-order valence-corrected chi connectivity index (χ0v) is 11.2. The molecule has 0 aliphatic carbocycles. The third-order valence-electron chi connectivity index (χ3n) is 2.96. The van der Waals surface area contributed by atoms with Gasteiger partial charge in [-0.2, -0.15) is 0 Å². The van der Waals surface area contributed by atoms with E-state index in [1.807, 2.05) is 12.1 Å². The molecule has 102 valence electrons. The molecule has 1 aromatic heterocycles. The number of hydrogen-bond acceptors (Lipinski definition) is 5. The van der Waals surface area contributed by atoms with Gasteiger partial charge in [0.05, 0.1) is 27.6 Å². The Morgan fingerprint density at radius 2 is 1.95 bits per heavy atom. The van der Waals surface area contributed by atoms with Crippen molar-refractivity contribution < 1.29 is 23.4 Å². The molecule has 19 heavy (non-hydrogen) atoms. The second-order valence-electron chi connectivity index (χ2n) is 4.02. The van der Waals surface area contributed by atoms with Gasteiger partial charge in [0.2, 0.25) is 5.75 Å². The van der Waals surface area contributed by atoms with E-state index in [0.717, 1.165) is 10.9 Å². The first-order valence-corrected chi connectivity index (χ1v) is 5.89. The predicted molar refractivity (Wildman–Crippen MR) is 69.7 cm³/mol. The average Bonchev–Trinajstić information content (AvgIpc) is 2.90. The van der Waals surface area contributed by atoms with Crippen LogP contribution in [0, 0.1) is 0 Å². The summed E-state index contributed by atoms with van der Waals surface area (Å²) in [6, 6.07) is 3.78. The quantitative estimate of drug-likeness (QED) is 0.777. The molecule has 0 amide bonds. The lowest BCUT2D eigenvalue weighted by Gasteiger charge is -2.13. The monoisotopic (exact) mass is 264 g/mol. The Kier molecular flexibility index (Phi) is 3.94. The molecule has 2 aromatic rings. The van der Waals surface area contributed by atoms with Gasteiger partial charge in [-0.25, -0.2) is 0 Å². The highest BCUT2D eigenvalue weighted by molar-refractivity contribution is 5.87. The lowest BCUT2D eigenvalue weighted by molar-refractivity contribution is -0.140. The van der Waals surface area contributed by atoms with Crippen molar-refractivity contribution >= 4 is 16.9 Å². The molecule has 1 heterocycles. The molecule has 0 bridgehead atoms. The fourth-order valence-corrected chi connectivity index (χ4v) is 2.05. The van der Waals surface area contributed by atoms with Crippen molar-refractivity contribution in [1.29, 1.82) is 0 Å². The molecule has 0 fully saturated rings. The Morgan fingerprint density at radius 1 is 1.21 bits per heavy atom. The van der Waals surface area contributed by atoms with Crippen LogP contribution in [0.15, 0.2) is 22.8 Å². The van der Waals surface area contributed by atoms with Crippen molar-refractivity contribution in [2.75, 3.05) is 21.3 Å². The summed E-state index contributed by atoms with van der Waals surface area (Å²) in [7, 11) is 4.50. The Hall–Kier alpha value is -2.17. The molecule has 0 spiro atoms. The van der Waals surface area contributed by atoms with Crippen molar-refractivity contribution in [3.05, 3.63) is 24.0 Å². The minimum absolute atomic E-state index is 0.256. The number of carbonyl (C=O) groups excluding carboxylic acids is 1. The lowest BCUT2D eigenvalue weighted by atomic mass is 10.1. The van der Waals surface area contributed by atoms with Crippen LogP contribution in [0.5, 0.6) is 11.5 Å². The van der Waals surface area contributed by atoms with Gasteiger partial charge in [-0.15, -0.1) is 0 Å². The summed E-state index contributed by atoms with van der Waals surface area (Å²) in [5, 5.41) is 0.914. The maximum Gasteiger partial charge on any atom is 0.305 e. The predicted octanol–water partition coefficient (Wildman–Crippen LogP) is 2.56. The summed E-state index contributed by atoms with van der Waals surface area (Å²) in [5.74, 6) is 0.882. The highest BCUT2D eigenvalue weighted by atomic mass is 16.5. The van der Waals surface area contributed by atoms with E-state index in [-0.39, 0.29) is 5.97 Å². The van der Waals surface area contributed by atoms with Gasteiger partial charge in [0, 0.05) is 11.8 Å². The van der Waals surface area contributed by atoms with Crippen LogP contribution in [0.25, 0.3) is 11.0 Å². The molecule has 0 aliphatic rings. The van der Waals surface area contributed by atoms with Crippen LogP contribution < -0.4 is 9.47 Å². The van der Waals surface area contributed by atoms with Crippen molar-refractivity contribution in [1.82, 2.24) is 0 Å². The number of esters is 1. The molecule has 0 aliphatic heterocycles. The van der Waals surface area contributed by atoms with E-state index < -0.39 is 0 Å². The highest BCUT2D eigenvalue weighted by Gasteiger charge is 2.18. The van der Waals surface area contributed by atoms with Gasteiger partial charge in [0.1, 0.15) is 0 Å². The fraction of sp³-hybridized carbons (Fsp3) is 0.357. The lowest BCUT2D eigenvalue weighted by Crippen LogP contribution is -2.03. The highest BCUT2D eigenvalue weighted by Crippen LogP contribution is 2.39. The number of rotatable bonds is 5. The van der Waals surface area contributed by atoms with E-state index in [1.54, 1.807) is 20.5 Å². The Morgan fingerprint density at radius 3 is 2.58 bits per heavy atom. The third kappa shape index (κ3) is 2.50. The number of furan rings is 1. The molecule has 5 heteroatoms. The summed E-state index contributed by atoms with van der Waals surface area (Å²) in [6.45, 7) is 0. The van der Waals surface area contributed by atoms with E-state index in [1.165, 1.54) is 7.11 Å². The molecule has 0 saturated carbocycles. The smallest absolute Gasteiger partial charge is 0.305 e. The van der Waals surface area contributed by atoms with E-state index >= 15 is 0 Å². The van der Waals surface area contributed by atoms with E-state index in [4.69, 9.17) is 13.9 Å². The summed E-state index contributed by atoms with van der Waals surface area (Å²) >= 11 is 0. The molecule has 0 N–H and O–H groups in total. The van der Waals surface area contributed by atoms with Crippen LogP contribution in [0.2, 0.25) is 0 Å². The normalized spacial score (nSPS) is 10.5. The zero-order chi connectivity index (χ0) is 13.8. The summed E-state index contributed by atoms with van der Waals surface area (Å²) in [5.41, 5.74) is 1.53. The van der Waals surface area contributed by atoms with Crippen LogP contribution in [-0.2, 0) is 16.0 Å². The largest absolute Gasteiger partial charge is 0.492 e. The van der Waals surface area contributed by atoms with Gasteiger partial charge >= 0.3 is 5.97 Å². The first kappa shape index (κ1) is 13.3. The number of hydrogen-bond donors (Lipinski definition) is 0. The maximum atomic E-state index is 11.2. The first-order chi connectivity index (χ1) is 9.21. The maximum absolute atomic E-state index is 11.2. The zero-order valence-electron chi connectivity index (χ0n) is 11.2. The van der Waals surface area contributed by atoms with Crippen LogP contribution in [0.4, 0.5) is 0 Å². The van der Waals surface area contributed by atoms with Gasteiger partial charge in [0.15, 0.2) is 11.3 Å². The standard InChI is InChI=1S/C14H16O5/c1-16-11(15)5-4-9-8-10-6-7-19-13(10)14(18-3)12(9)17-2/h6-8H,4-5H2,1-3H3. The van der Waals surface area contributed by atoms with Gasteiger partial charge in [0.25, 0.3) is 0 Å². The van der Waals surface area contributed by atoms with E-state index in [9.17, 15) is 4.79 Å². The molecule has 0 atom stereocenters. The Balaban J connectivity index is 2.43. The van der Waals surface area contributed by atoms with E-state index in [2.05, 4.69) is 4.74 Å². The number of fused-ring (bicyclic) bond motifs is 1. The first-order valence-electron chi connectivity index (χ1n) is 5.89. The second-order valence-corrected chi connectivity index (χ2v) is 4.02. The van der Waals surface area contributed by atoms with Gasteiger partial charge < -0.3 is 18.6 Å². The average molecular weight is 264 g/mol. The van der Waals surface area contributed by atoms with Crippen LogP contribution in [-0.4, -0.2) is 27.3 Å². The topological polar surface area (TPSA) is 57.9 Å². The number of aryl methyl sites for hydroxylation is 1. The van der Waals surface area contributed by atoms with Crippen LogP contribution in [0.1, 0.15) is 12.0 Å². The van der Waals surface area contributed by atoms with E-state index in [0.29, 0.717) is 29.9 Å². The minimum atomic E-state index is -0.256.